The van der Waals surface area contributed by atoms with Gasteiger partial charge in [0.25, 0.3) is 5.92 Å². The minimum atomic E-state index is -3.10. The Morgan fingerprint density at radius 2 is 2.23 bits per heavy atom. The Labute approximate surface area is 177 Å². The first-order valence-corrected chi connectivity index (χ1v) is 10.1. The van der Waals surface area contributed by atoms with Gasteiger partial charge in [-0.1, -0.05) is 0 Å². The third-order valence-corrected chi connectivity index (χ3v) is 5.96. The summed E-state index contributed by atoms with van der Waals surface area (Å²) in [6, 6.07) is 2.85. The SMILES string of the molecule is [C-]#[N+]c1cc(NC(=O)N2Cc3c(nn4c3C(F)(F)CC[C@@H](CO)C4)C[C@H]2C)ccc1F. The van der Waals surface area contributed by atoms with Gasteiger partial charge in [0.2, 0.25) is 5.69 Å². The van der Waals surface area contributed by atoms with E-state index in [1.165, 1.54) is 21.7 Å². The Bertz CT molecular complexity index is 1060. The number of carbonyl (C=O) groups excluding carboxylic acids is 1. The van der Waals surface area contributed by atoms with Gasteiger partial charge in [0.05, 0.1) is 18.8 Å². The van der Waals surface area contributed by atoms with E-state index >= 15 is 0 Å². The molecule has 0 radical (unpaired) electrons. The van der Waals surface area contributed by atoms with E-state index in [0.29, 0.717) is 17.7 Å². The van der Waals surface area contributed by atoms with Crippen LogP contribution >= 0.6 is 0 Å². The van der Waals surface area contributed by atoms with E-state index in [-0.39, 0.29) is 61.6 Å². The molecular formula is C21H22F3N5O2. The molecule has 7 nitrogen and oxygen atoms in total. The first-order chi connectivity index (χ1) is 14.7. The summed E-state index contributed by atoms with van der Waals surface area (Å²) in [5.41, 5.74) is 0.743. The van der Waals surface area contributed by atoms with Crippen LogP contribution in [0.25, 0.3) is 4.85 Å². The fraction of sp³-hybridized carbons (Fsp3) is 0.476. The highest BCUT2D eigenvalue weighted by Crippen LogP contribution is 2.42. The Balaban J connectivity index is 1.62. The maximum atomic E-state index is 15.0. The molecule has 0 fully saturated rings. The fourth-order valence-corrected chi connectivity index (χ4v) is 4.27. The zero-order valence-electron chi connectivity index (χ0n) is 16.9. The molecule has 2 aliphatic heterocycles. The summed E-state index contributed by atoms with van der Waals surface area (Å²) in [5, 5.41) is 16.5. The molecule has 0 spiro atoms. The Kier molecular flexibility index (Phi) is 5.39. The molecular weight excluding hydrogens is 411 g/mol. The van der Waals surface area contributed by atoms with Crippen molar-refractivity contribution in [3.05, 3.63) is 52.4 Å². The Morgan fingerprint density at radius 3 is 2.94 bits per heavy atom. The molecule has 0 unspecified atom stereocenters. The highest BCUT2D eigenvalue weighted by atomic mass is 19.3. The molecule has 2 atom stereocenters. The maximum absolute atomic E-state index is 15.0. The van der Waals surface area contributed by atoms with E-state index in [4.69, 9.17) is 6.57 Å². The number of anilines is 1. The summed E-state index contributed by atoms with van der Waals surface area (Å²) in [7, 11) is 0. The number of aromatic nitrogens is 2. The van der Waals surface area contributed by atoms with E-state index in [1.807, 2.05) is 0 Å². The van der Waals surface area contributed by atoms with E-state index in [9.17, 15) is 23.1 Å². The topological polar surface area (TPSA) is 74.8 Å². The molecule has 2 aliphatic rings. The van der Waals surface area contributed by atoms with Gasteiger partial charge in [-0.15, -0.1) is 0 Å². The number of rotatable bonds is 2. The van der Waals surface area contributed by atoms with Crippen molar-refractivity contribution in [2.45, 2.75) is 51.2 Å². The van der Waals surface area contributed by atoms with Crippen LogP contribution in [0, 0.1) is 18.3 Å². The van der Waals surface area contributed by atoms with Crippen LogP contribution in [0.2, 0.25) is 0 Å². The van der Waals surface area contributed by atoms with E-state index in [2.05, 4.69) is 15.3 Å². The number of nitrogens with one attached hydrogen (secondary N) is 1. The largest absolute Gasteiger partial charge is 0.396 e. The average molecular weight is 433 g/mol. The number of benzene rings is 1. The predicted octanol–water partition coefficient (Wildman–Crippen LogP) is 4.05. The van der Waals surface area contributed by atoms with Crippen LogP contribution in [0.15, 0.2) is 18.2 Å². The molecule has 0 bridgehead atoms. The van der Waals surface area contributed by atoms with Crippen LogP contribution in [-0.4, -0.2) is 38.5 Å². The van der Waals surface area contributed by atoms with Crippen molar-refractivity contribution in [3.63, 3.8) is 0 Å². The summed E-state index contributed by atoms with van der Waals surface area (Å²) in [4.78, 5) is 17.4. The fourth-order valence-electron chi connectivity index (χ4n) is 4.27. The number of amides is 2. The predicted molar refractivity (Wildman–Crippen MR) is 106 cm³/mol. The van der Waals surface area contributed by atoms with Gasteiger partial charge >= 0.3 is 6.03 Å². The zero-order chi connectivity index (χ0) is 22.3. The number of fused-ring (bicyclic) bond motifs is 3. The summed E-state index contributed by atoms with van der Waals surface area (Å²) < 4.78 is 44.8. The van der Waals surface area contributed by atoms with Crippen molar-refractivity contribution in [1.29, 1.82) is 0 Å². The zero-order valence-corrected chi connectivity index (χ0v) is 16.9. The van der Waals surface area contributed by atoms with Crippen molar-refractivity contribution in [2.75, 3.05) is 11.9 Å². The second-order valence-electron chi connectivity index (χ2n) is 8.14. The van der Waals surface area contributed by atoms with Crippen molar-refractivity contribution in [2.24, 2.45) is 5.92 Å². The molecule has 1 aromatic carbocycles. The molecule has 0 aliphatic carbocycles. The number of halogens is 3. The van der Waals surface area contributed by atoms with Gasteiger partial charge in [-0.3, -0.25) is 4.68 Å². The van der Waals surface area contributed by atoms with Crippen LogP contribution in [0.1, 0.15) is 36.7 Å². The molecule has 2 N–H and O–H groups in total. The molecule has 2 amide bonds. The minimum absolute atomic E-state index is 0.0338. The number of nitrogens with zero attached hydrogens (tertiary/aromatic N) is 4. The number of hydrogen-bond acceptors (Lipinski definition) is 3. The lowest BCUT2D eigenvalue weighted by Gasteiger charge is -2.33. The summed E-state index contributed by atoms with van der Waals surface area (Å²) in [6.45, 7) is 8.79. The Hall–Kier alpha value is -3.06. The first kappa shape index (κ1) is 21.2. The lowest BCUT2D eigenvalue weighted by molar-refractivity contribution is -0.0227. The second-order valence-corrected chi connectivity index (χ2v) is 8.14. The molecule has 0 saturated carbocycles. The molecule has 1 aromatic heterocycles. The number of urea groups is 1. The van der Waals surface area contributed by atoms with Gasteiger partial charge in [0, 0.05) is 49.2 Å². The second kappa shape index (κ2) is 7.89. The van der Waals surface area contributed by atoms with Crippen molar-refractivity contribution in [1.82, 2.24) is 14.7 Å². The van der Waals surface area contributed by atoms with Gasteiger partial charge in [-0.25, -0.2) is 14.0 Å². The van der Waals surface area contributed by atoms with Gasteiger partial charge in [-0.2, -0.15) is 13.9 Å². The summed E-state index contributed by atoms with van der Waals surface area (Å²) >= 11 is 0. The molecule has 0 saturated heterocycles. The molecule has 4 rings (SSSR count). The van der Waals surface area contributed by atoms with Crippen molar-refractivity contribution in [3.8, 4) is 0 Å². The lowest BCUT2D eigenvalue weighted by atomic mass is 9.96. The third kappa shape index (κ3) is 3.85. The normalized spacial score (nSPS) is 22.1. The average Bonchev–Trinajstić information content (AvgIpc) is 3.02. The molecule has 164 valence electrons. The minimum Gasteiger partial charge on any atom is -0.396 e. The van der Waals surface area contributed by atoms with Crippen molar-refractivity contribution < 1.29 is 23.1 Å². The molecule has 10 heteroatoms. The summed E-state index contributed by atoms with van der Waals surface area (Å²) in [5.74, 6) is -4.08. The lowest BCUT2D eigenvalue weighted by Crippen LogP contribution is -2.45. The summed E-state index contributed by atoms with van der Waals surface area (Å²) in [6.07, 6.45) is 0.128. The van der Waals surface area contributed by atoms with Gasteiger partial charge in [0.1, 0.15) is 11.5 Å². The number of aliphatic hydroxyl groups excluding tert-OH is 1. The smallest absolute Gasteiger partial charge is 0.322 e. The van der Waals surface area contributed by atoms with E-state index in [1.54, 1.807) is 6.92 Å². The highest BCUT2D eigenvalue weighted by Gasteiger charge is 2.44. The van der Waals surface area contributed by atoms with Crippen molar-refractivity contribution >= 4 is 17.4 Å². The van der Waals surface area contributed by atoms with Crippen LogP contribution in [-0.2, 0) is 25.4 Å². The number of aliphatic hydroxyl groups is 1. The van der Waals surface area contributed by atoms with Gasteiger partial charge < -0.3 is 15.3 Å². The van der Waals surface area contributed by atoms with E-state index < -0.39 is 17.8 Å². The number of alkyl halides is 2. The third-order valence-electron chi connectivity index (χ3n) is 5.96. The van der Waals surface area contributed by atoms with Gasteiger partial charge in [-0.05, 0) is 31.5 Å². The van der Waals surface area contributed by atoms with Crippen LogP contribution in [0.3, 0.4) is 0 Å². The standard InChI is InChI=1S/C21H22F3N5O2/c1-12-7-17-15(19-21(23,24)6-5-13(11-30)9-29(19)27-17)10-28(12)20(31)26-14-3-4-16(22)18(8-14)25-2/h3-4,8,12-13,30H,5-7,9-11H2,1H3,(H,26,31)/t12-,13-/m1/s1. The monoisotopic (exact) mass is 433 g/mol. The number of carbonyl (C=O) groups is 1. The quantitative estimate of drug-likeness (QED) is 0.702. The highest BCUT2D eigenvalue weighted by molar-refractivity contribution is 5.90. The molecule has 3 heterocycles. The molecule has 2 aromatic rings. The first-order valence-electron chi connectivity index (χ1n) is 10.1. The molecule has 31 heavy (non-hydrogen) atoms. The van der Waals surface area contributed by atoms with E-state index in [0.717, 1.165) is 6.07 Å². The van der Waals surface area contributed by atoms with Crippen LogP contribution in [0.5, 0.6) is 0 Å². The van der Waals surface area contributed by atoms with Crippen LogP contribution in [0.4, 0.5) is 29.3 Å². The maximum Gasteiger partial charge on any atom is 0.322 e. The Morgan fingerprint density at radius 1 is 1.45 bits per heavy atom. The number of hydrogen-bond donors (Lipinski definition) is 2. The van der Waals surface area contributed by atoms with Gasteiger partial charge in [0.15, 0.2) is 0 Å². The van der Waals surface area contributed by atoms with Crippen LogP contribution < -0.4 is 5.32 Å².